The van der Waals surface area contributed by atoms with Crippen molar-refractivity contribution in [2.75, 3.05) is 26.2 Å². The van der Waals surface area contributed by atoms with Gasteiger partial charge >= 0.3 is 6.09 Å². The molecule has 0 unspecified atom stereocenters. The van der Waals surface area contributed by atoms with Gasteiger partial charge in [-0.3, -0.25) is 4.79 Å². The van der Waals surface area contributed by atoms with Crippen LogP contribution in [0.3, 0.4) is 0 Å². The van der Waals surface area contributed by atoms with E-state index in [2.05, 4.69) is 0 Å². The molecule has 4 atom stereocenters. The highest BCUT2D eigenvalue weighted by Gasteiger charge is 2.47. The average molecular weight is 647 g/mol. The number of piperazine rings is 1. The largest absolute Gasteiger partial charge is 0.444 e. The number of carbonyl (C=O) groups excluding carboxylic acids is 3. The smallest absolute Gasteiger partial charge is 0.410 e. The van der Waals surface area contributed by atoms with Crippen molar-refractivity contribution in [3.63, 3.8) is 0 Å². The van der Waals surface area contributed by atoms with E-state index in [1.165, 1.54) is 6.92 Å². The van der Waals surface area contributed by atoms with Gasteiger partial charge in [-0.2, -0.15) is 0 Å². The van der Waals surface area contributed by atoms with Crippen molar-refractivity contribution in [2.45, 2.75) is 77.0 Å². The minimum absolute atomic E-state index is 0.0504. The van der Waals surface area contributed by atoms with E-state index in [9.17, 15) is 19.5 Å². The van der Waals surface area contributed by atoms with E-state index in [0.29, 0.717) is 6.29 Å². The number of hydrogen-bond donors (Lipinski definition) is 1. The van der Waals surface area contributed by atoms with Crippen molar-refractivity contribution in [2.24, 2.45) is 0 Å². The number of carbonyl (C=O) groups is 3. The maximum Gasteiger partial charge on any atom is 0.410 e. The van der Waals surface area contributed by atoms with Crippen LogP contribution < -0.4 is 0 Å². The van der Waals surface area contributed by atoms with E-state index in [0.717, 1.165) is 16.7 Å². The molecule has 0 radical (unpaired) electrons. The van der Waals surface area contributed by atoms with Crippen molar-refractivity contribution in [3.05, 3.63) is 108 Å². The van der Waals surface area contributed by atoms with Crippen LogP contribution in [0.25, 0.3) is 0 Å². The van der Waals surface area contributed by atoms with Crippen LogP contribution in [0.1, 0.15) is 44.4 Å². The van der Waals surface area contributed by atoms with Gasteiger partial charge in [0.05, 0.1) is 19.8 Å². The second kappa shape index (κ2) is 16.6. The Bertz CT molecular complexity index is 1400. The topological polar surface area (TPSA) is 115 Å². The molecule has 0 bridgehead atoms. The predicted octanol–water partition coefficient (Wildman–Crippen LogP) is 4.77. The van der Waals surface area contributed by atoms with E-state index in [1.54, 1.807) is 30.6 Å². The van der Waals surface area contributed by atoms with Gasteiger partial charge in [-0.05, 0) is 44.4 Å². The normalized spacial score (nSPS) is 16.9. The Balaban J connectivity index is 1.66. The number of hydrogen-bond acceptors (Lipinski definition) is 8. The standard InChI is InChI=1S/C37H46N2O8/c1-36(2,3)47-35(42)39-22-20-38(21-23-39)34(41)32(45-25-29-16-10-6-11-17-29)31(44-24-28-14-8-5-9-15-28)33(37(4,43)27-40)46-26-30-18-12-7-13-19-30/h5-19,27,31-33,43H,20-26H2,1-4H3/t31-,32-,33+,37-/m1/s1. The monoisotopic (exact) mass is 646 g/mol. The van der Waals surface area contributed by atoms with Gasteiger partial charge in [0.1, 0.15) is 23.4 Å². The summed E-state index contributed by atoms with van der Waals surface area (Å²) in [6, 6.07) is 28.1. The molecule has 1 aliphatic heterocycles. The molecule has 1 N–H and O–H groups in total. The molecule has 1 aliphatic rings. The fourth-order valence-corrected chi connectivity index (χ4v) is 5.21. The van der Waals surface area contributed by atoms with Crippen LogP contribution in [0.4, 0.5) is 4.79 Å². The molecule has 0 aromatic heterocycles. The molecule has 0 spiro atoms. The number of amides is 2. The van der Waals surface area contributed by atoms with Crippen LogP contribution in [0.5, 0.6) is 0 Å². The van der Waals surface area contributed by atoms with Gasteiger partial charge in [-0.25, -0.2) is 4.79 Å². The van der Waals surface area contributed by atoms with Gasteiger partial charge < -0.3 is 38.6 Å². The molecule has 0 saturated carbocycles. The summed E-state index contributed by atoms with van der Waals surface area (Å²) in [4.78, 5) is 42.7. The van der Waals surface area contributed by atoms with Crippen LogP contribution in [0.2, 0.25) is 0 Å². The van der Waals surface area contributed by atoms with Crippen LogP contribution in [0.15, 0.2) is 91.0 Å². The van der Waals surface area contributed by atoms with Crippen molar-refractivity contribution in [3.8, 4) is 0 Å². The van der Waals surface area contributed by atoms with Gasteiger partial charge in [0.2, 0.25) is 0 Å². The third kappa shape index (κ3) is 10.7. The summed E-state index contributed by atoms with van der Waals surface area (Å²) < 4.78 is 24.6. The molecule has 1 heterocycles. The van der Waals surface area contributed by atoms with Crippen molar-refractivity contribution >= 4 is 18.3 Å². The van der Waals surface area contributed by atoms with Crippen LogP contribution in [-0.4, -0.2) is 88.9 Å². The maximum atomic E-state index is 14.4. The van der Waals surface area contributed by atoms with Crippen LogP contribution in [0, 0.1) is 0 Å². The Morgan fingerprint density at radius 3 is 1.57 bits per heavy atom. The minimum atomic E-state index is -2.04. The van der Waals surface area contributed by atoms with Crippen molar-refractivity contribution in [1.29, 1.82) is 0 Å². The Morgan fingerprint density at radius 1 is 0.702 bits per heavy atom. The lowest BCUT2D eigenvalue weighted by Gasteiger charge is -2.41. The van der Waals surface area contributed by atoms with Gasteiger partial charge in [0.25, 0.3) is 5.91 Å². The fourth-order valence-electron chi connectivity index (χ4n) is 5.21. The summed E-state index contributed by atoms with van der Waals surface area (Å²) in [5.74, 6) is -0.405. The molecule has 3 aromatic rings. The second-order valence-electron chi connectivity index (χ2n) is 12.8. The Morgan fingerprint density at radius 2 is 1.13 bits per heavy atom. The summed E-state index contributed by atoms with van der Waals surface area (Å²) in [6.45, 7) is 7.93. The highest BCUT2D eigenvalue weighted by Crippen LogP contribution is 2.27. The van der Waals surface area contributed by atoms with E-state index < -0.39 is 41.5 Å². The van der Waals surface area contributed by atoms with Crippen LogP contribution >= 0.6 is 0 Å². The molecule has 252 valence electrons. The third-order valence-corrected chi connectivity index (χ3v) is 7.73. The number of benzene rings is 3. The molecule has 3 aromatic carbocycles. The van der Waals surface area contributed by atoms with E-state index in [4.69, 9.17) is 18.9 Å². The van der Waals surface area contributed by atoms with E-state index in [1.807, 2.05) is 91.0 Å². The Hall–Kier alpha value is -4.09. The molecule has 1 saturated heterocycles. The molecule has 2 amide bonds. The van der Waals surface area contributed by atoms with Gasteiger partial charge in [0, 0.05) is 26.2 Å². The summed E-state index contributed by atoms with van der Waals surface area (Å²) in [5, 5.41) is 11.4. The van der Waals surface area contributed by atoms with Crippen LogP contribution in [-0.2, 0) is 48.4 Å². The molecular weight excluding hydrogens is 600 g/mol. The molecule has 10 heteroatoms. The highest BCUT2D eigenvalue weighted by molar-refractivity contribution is 5.82. The minimum Gasteiger partial charge on any atom is -0.444 e. The second-order valence-corrected chi connectivity index (χ2v) is 12.8. The van der Waals surface area contributed by atoms with Crippen molar-refractivity contribution < 1.29 is 38.4 Å². The summed E-state index contributed by atoms with van der Waals surface area (Å²) in [5.41, 5.74) is -0.225. The SMILES string of the molecule is CC(C)(C)OC(=O)N1CCN(C(=O)[C@H](OCc2ccccc2)[C@@H](OCc2ccccc2)[C@H](OCc2ccccc2)[C@](C)(O)C=O)CC1. The molecule has 47 heavy (non-hydrogen) atoms. The zero-order valence-electron chi connectivity index (χ0n) is 27.6. The first-order valence-corrected chi connectivity index (χ1v) is 15.9. The number of rotatable bonds is 14. The molecule has 1 fully saturated rings. The number of aliphatic hydroxyl groups is 1. The maximum absolute atomic E-state index is 14.4. The predicted molar refractivity (Wildman–Crippen MR) is 176 cm³/mol. The lowest BCUT2D eigenvalue weighted by molar-refractivity contribution is -0.206. The zero-order chi connectivity index (χ0) is 33.9. The summed E-state index contributed by atoms with van der Waals surface area (Å²) in [6.07, 6.45) is -3.82. The van der Waals surface area contributed by atoms with Crippen molar-refractivity contribution in [1.82, 2.24) is 9.80 Å². The molecule has 10 nitrogen and oxygen atoms in total. The number of ether oxygens (including phenoxy) is 4. The summed E-state index contributed by atoms with van der Waals surface area (Å²) in [7, 11) is 0. The average Bonchev–Trinajstić information content (AvgIpc) is 3.07. The van der Waals surface area contributed by atoms with Gasteiger partial charge in [0.15, 0.2) is 12.4 Å². The first-order valence-electron chi connectivity index (χ1n) is 15.9. The lowest BCUT2D eigenvalue weighted by Crippen LogP contribution is -2.61. The Labute approximate surface area is 277 Å². The fraction of sp³-hybridized carbons (Fsp3) is 0.432. The van der Waals surface area contributed by atoms with E-state index in [-0.39, 0.29) is 46.0 Å². The molecule has 0 aliphatic carbocycles. The first kappa shape index (κ1) is 35.8. The molecule has 4 rings (SSSR count). The van der Waals surface area contributed by atoms with Gasteiger partial charge in [-0.15, -0.1) is 0 Å². The number of nitrogens with zero attached hydrogens (tertiary/aromatic N) is 2. The van der Waals surface area contributed by atoms with E-state index >= 15 is 0 Å². The lowest BCUT2D eigenvalue weighted by atomic mass is 9.91. The van der Waals surface area contributed by atoms with Gasteiger partial charge in [-0.1, -0.05) is 91.0 Å². The molecular formula is C37H46N2O8. The zero-order valence-corrected chi connectivity index (χ0v) is 27.6. The number of aldehydes is 1. The highest BCUT2D eigenvalue weighted by atomic mass is 16.6. The first-order chi connectivity index (χ1) is 22.5. The third-order valence-electron chi connectivity index (χ3n) is 7.73. The Kier molecular flexibility index (Phi) is 12.7. The quantitative estimate of drug-likeness (QED) is 0.249. The summed E-state index contributed by atoms with van der Waals surface area (Å²) >= 11 is 0.